The molecule has 1 N–H and O–H groups in total. The van der Waals surface area contributed by atoms with Crippen molar-refractivity contribution in [3.63, 3.8) is 0 Å². The van der Waals surface area contributed by atoms with Gasteiger partial charge in [0.15, 0.2) is 0 Å². The Balaban J connectivity index is 2.47. The van der Waals surface area contributed by atoms with Crippen LogP contribution in [0.25, 0.3) is 0 Å². The number of hydrogen-bond donors (Lipinski definition) is 1. The van der Waals surface area contributed by atoms with Gasteiger partial charge in [0.1, 0.15) is 0 Å². The van der Waals surface area contributed by atoms with Crippen LogP contribution >= 0.6 is 0 Å². The van der Waals surface area contributed by atoms with Gasteiger partial charge in [-0.05, 0) is 12.8 Å². The van der Waals surface area contributed by atoms with Crippen LogP contribution in [0.1, 0.15) is 25.7 Å². The van der Waals surface area contributed by atoms with Gasteiger partial charge in [-0.15, -0.1) is 0 Å². The minimum Gasteiger partial charge on any atom is -0.388 e. The van der Waals surface area contributed by atoms with Gasteiger partial charge in [-0.1, -0.05) is 12.8 Å². The highest BCUT2D eigenvalue weighted by Gasteiger charge is 2.33. The second-order valence-corrected chi connectivity index (χ2v) is 4.46. The monoisotopic (exact) mass is 200 g/mol. The molecule has 0 aliphatic heterocycles. The number of carbonyl (C=O) groups excluding carboxylic acids is 1. The first-order valence-electron chi connectivity index (χ1n) is 5.09. The molecule has 1 fully saturated rings. The van der Waals surface area contributed by atoms with Gasteiger partial charge in [0.05, 0.1) is 12.1 Å². The molecule has 4 heteroatoms. The molecule has 0 aromatic carbocycles. The summed E-state index contributed by atoms with van der Waals surface area (Å²) in [4.78, 5) is 14.6. The van der Waals surface area contributed by atoms with Crippen molar-refractivity contribution in [1.29, 1.82) is 0 Å². The number of urea groups is 1. The molecule has 0 aromatic rings. The number of hydrogen-bond acceptors (Lipinski definition) is 2. The van der Waals surface area contributed by atoms with E-state index in [0.29, 0.717) is 6.54 Å². The van der Waals surface area contributed by atoms with Gasteiger partial charge in [-0.2, -0.15) is 0 Å². The van der Waals surface area contributed by atoms with E-state index < -0.39 is 5.60 Å². The fourth-order valence-corrected chi connectivity index (χ4v) is 2.04. The first-order valence-corrected chi connectivity index (χ1v) is 5.09. The molecule has 0 aromatic heterocycles. The number of amides is 2. The maximum atomic E-state index is 11.5. The van der Waals surface area contributed by atoms with E-state index in [-0.39, 0.29) is 6.03 Å². The number of likely N-dealkylation sites (N-methyl/N-ethyl adjacent to an activating group) is 1. The molecule has 4 nitrogen and oxygen atoms in total. The lowest BCUT2D eigenvalue weighted by atomic mass is 10.0. The van der Waals surface area contributed by atoms with Crippen LogP contribution in [0.3, 0.4) is 0 Å². The van der Waals surface area contributed by atoms with Crippen LogP contribution in [0.4, 0.5) is 4.79 Å². The third-order valence-corrected chi connectivity index (χ3v) is 2.77. The summed E-state index contributed by atoms with van der Waals surface area (Å²) in [5.41, 5.74) is -0.638. The Morgan fingerprint density at radius 2 is 1.79 bits per heavy atom. The fraction of sp³-hybridized carbons (Fsp3) is 0.900. The van der Waals surface area contributed by atoms with E-state index in [1.807, 2.05) is 0 Å². The summed E-state index contributed by atoms with van der Waals surface area (Å²) in [6.07, 6.45) is 3.77. The lowest BCUT2D eigenvalue weighted by Gasteiger charge is -2.30. The Morgan fingerprint density at radius 3 is 2.21 bits per heavy atom. The van der Waals surface area contributed by atoms with Crippen molar-refractivity contribution in [2.24, 2.45) is 0 Å². The zero-order valence-electron chi connectivity index (χ0n) is 9.29. The highest BCUT2D eigenvalue weighted by Crippen LogP contribution is 2.29. The third kappa shape index (κ3) is 2.61. The summed E-state index contributed by atoms with van der Waals surface area (Å²) in [6, 6.07) is -0.0506. The molecule has 2 amide bonds. The molecule has 1 aliphatic carbocycles. The summed E-state index contributed by atoms with van der Waals surface area (Å²) in [5.74, 6) is 0. The van der Waals surface area contributed by atoms with E-state index >= 15 is 0 Å². The molecular formula is C10H20N2O2. The van der Waals surface area contributed by atoms with Crippen molar-refractivity contribution < 1.29 is 9.90 Å². The van der Waals surface area contributed by atoms with Crippen LogP contribution in [0, 0.1) is 0 Å². The Kier molecular flexibility index (Phi) is 3.37. The van der Waals surface area contributed by atoms with Gasteiger partial charge < -0.3 is 14.9 Å². The minimum atomic E-state index is -0.638. The molecule has 0 heterocycles. The topological polar surface area (TPSA) is 43.8 Å². The largest absolute Gasteiger partial charge is 0.388 e. The van der Waals surface area contributed by atoms with Crippen LogP contribution in [-0.4, -0.2) is 54.2 Å². The Hall–Kier alpha value is -0.770. The van der Waals surface area contributed by atoms with Crippen molar-refractivity contribution in [3.05, 3.63) is 0 Å². The first kappa shape index (κ1) is 11.3. The molecule has 14 heavy (non-hydrogen) atoms. The second-order valence-electron chi connectivity index (χ2n) is 4.46. The number of nitrogens with zero attached hydrogens (tertiary/aromatic N) is 2. The lowest BCUT2D eigenvalue weighted by molar-refractivity contribution is 0.0220. The molecule has 1 saturated carbocycles. The van der Waals surface area contributed by atoms with E-state index in [1.54, 1.807) is 26.0 Å². The third-order valence-electron chi connectivity index (χ3n) is 2.77. The summed E-state index contributed by atoms with van der Waals surface area (Å²) in [5, 5.41) is 10.1. The molecule has 0 spiro atoms. The summed E-state index contributed by atoms with van der Waals surface area (Å²) in [6.45, 7) is 0.448. The standard InChI is InChI=1S/C10H20N2O2/c1-11(2)9(13)12(3)8-10(14)6-4-5-7-10/h14H,4-8H2,1-3H3. The van der Waals surface area contributed by atoms with Gasteiger partial charge in [-0.25, -0.2) is 4.79 Å². The van der Waals surface area contributed by atoms with Crippen LogP contribution < -0.4 is 0 Å². The Labute approximate surface area is 85.5 Å². The molecule has 0 atom stereocenters. The lowest BCUT2D eigenvalue weighted by Crippen LogP contribution is -2.45. The van der Waals surface area contributed by atoms with E-state index in [9.17, 15) is 9.90 Å². The first-order chi connectivity index (χ1) is 6.44. The maximum absolute atomic E-state index is 11.5. The van der Waals surface area contributed by atoms with Crippen molar-refractivity contribution in [2.45, 2.75) is 31.3 Å². The Bertz CT molecular complexity index is 210. The Morgan fingerprint density at radius 1 is 1.29 bits per heavy atom. The van der Waals surface area contributed by atoms with Gasteiger partial charge >= 0.3 is 6.03 Å². The number of aliphatic hydroxyl groups is 1. The van der Waals surface area contributed by atoms with Crippen LogP contribution in [-0.2, 0) is 0 Å². The number of carbonyl (C=O) groups is 1. The molecule has 0 radical (unpaired) electrons. The van der Waals surface area contributed by atoms with Crippen molar-refractivity contribution in [2.75, 3.05) is 27.7 Å². The van der Waals surface area contributed by atoms with Crippen LogP contribution in [0.5, 0.6) is 0 Å². The smallest absolute Gasteiger partial charge is 0.319 e. The highest BCUT2D eigenvalue weighted by atomic mass is 16.3. The van der Waals surface area contributed by atoms with Crippen molar-refractivity contribution >= 4 is 6.03 Å². The van der Waals surface area contributed by atoms with Crippen molar-refractivity contribution in [1.82, 2.24) is 9.80 Å². The predicted octanol–water partition coefficient (Wildman–Crippen LogP) is 0.905. The van der Waals surface area contributed by atoms with E-state index in [4.69, 9.17) is 0 Å². The SMILES string of the molecule is CN(C)C(=O)N(C)CC1(O)CCCC1. The average molecular weight is 200 g/mol. The summed E-state index contributed by atoms with van der Waals surface area (Å²) >= 11 is 0. The van der Waals surface area contributed by atoms with Crippen LogP contribution in [0.2, 0.25) is 0 Å². The molecular weight excluding hydrogens is 180 g/mol. The van der Waals surface area contributed by atoms with Gasteiger partial charge in [0.2, 0.25) is 0 Å². The van der Waals surface area contributed by atoms with E-state index in [1.165, 1.54) is 4.90 Å². The number of rotatable bonds is 2. The predicted molar refractivity (Wildman–Crippen MR) is 55.1 cm³/mol. The quantitative estimate of drug-likeness (QED) is 0.720. The molecule has 0 bridgehead atoms. The molecule has 1 aliphatic rings. The fourth-order valence-electron chi connectivity index (χ4n) is 2.04. The minimum absolute atomic E-state index is 0.0506. The highest BCUT2D eigenvalue weighted by molar-refractivity contribution is 5.73. The second kappa shape index (κ2) is 4.17. The molecule has 0 unspecified atom stereocenters. The zero-order valence-corrected chi connectivity index (χ0v) is 9.29. The normalized spacial score (nSPS) is 19.4. The molecule has 0 saturated heterocycles. The van der Waals surface area contributed by atoms with Crippen LogP contribution in [0.15, 0.2) is 0 Å². The molecule has 1 rings (SSSR count). The molecule has 82 valence electrons. The van der Waals surface area contributed by atoms with Gasteiger partial charge in [0.25, 0.3) is 0 Å². The van der Waals surface area contributed by atoms with E-state index in [2.05, 4.69) is 0 Å². The summed E-state index contributed by atoms with van der Waals surface area (Å²) in [7, 11) is 5.17. The zero-order chi connectivity index (χ0) is 10.8. The van der Waals surface area contributed by atoms with E-state index in [0.717, 1.165) is 25.7 Å². The average Bonchev–Trinajstić information content (AvgIpc) is 2.50. The van der Waals surface area contributed by atoms with Gasteiger partial charge in [0, 0.05) is 21.1 Å². The maximum Gasteiger partial charge on any atom is 0.319 e. The van der Waals surface area contributed by atoms with Crippen molar-refractivity contribution in [3.8, 4) is 0 Å². The van der Waals surface area contributed by atoms with Gasteiger partial charge in [-0.3, -0.25) is 0 Å². The summed E-state index contributed by atoms with van der Waals surface area (Å²) < 4.78 is 0.